The van der Waals surface area contributed by atoms with Crippen LogP contribution in [0.25, 0.3) is 10.8 Å². The molecule has 0 amide bonds. The maximum atomic E-state index is 12.7. The first kappa shape index (κ1) is 17.7. The quantitative estimate of drug-likeness (QED) is 0.386. The van der Waals surface area contributed by atoms with Crippen LogP contribution in [0.15, 0.2) is 65.6 Å². The van der Waals surface area contributed by atoms with Gasteiger partial charge in [0.05, 0.1) is 4.92 Å². The van der Waals surface area contributed by atoms with Crippen LogP contribution < -0.4 is 9.08 Å². The van der Waals surface area contributed by atoms with Gasteiger partial charge in [-0.2, -0.15) is 8.42 Å². The van der Waals surface area contributed by atoms with Gasteiger partial charge in [-0.05, 0) is 24.3 Å². The van der Waals surface area contributed by atoms with E-state index in [1.54, 1.807) is 18.2 Å². The van der Waals surface area contributed by atoms with Crippen molar-refractivity contribution in [2.45, 2.75) is 4.90 Å². The summed E-state index contributed by atoms with van der Waals surface area (Å²) < 4.78 is 30.7. The largest absolute Gasteiger partial charge is 0.379 e. The maximum Gasteiger partial charge on any atom is 0.339 e. The summed E-state index contributed by atoms with van der Waals surface area (Å²) in [5.74, 6) is 0.0105. The molecule has 3 aromatic rings. The monoisotopic (exact) mass is 372 g/mol. The summed E-state index contributed by atoms with van der Waals surface area (Å²) in [6.45, 7) is 0. The second-order valence-electron chi connectivity index (χ2n) is 5.81. The number of benzene rings is 3. The molecule has 0 aliphatic rings. The van der Waals surface area contributed by atoms with E-state index in [1.807, 2.05) is 31.1 Å². The van der Waals surface area contributed by atoms with E-state index in [9.17, 15) is 18.5 Å². The first-order valence-corrected chi connectivity index (χ1v) is 9.08. The maximum absolute atomic E-state index is 12.7. The normalized spacial score (nSPS) is 11.3. The molecule has 0 atom stereocenters. The van der Waals surface area contributed by atoms with Crippen LogP contribution in [0.1, 0.15) is 0 Å². The highest BCUT2D eigenvalue weighted by Gasteiger charge is 2.21. The number of non-ortho nitro benzene ring substituents is 1. The molecule has 0 aromatic heterocycles. The van der Waals surface area contributed by atoms with E-state index in [4.69, 9.17) is 4.18 Å². The van der Waals surface area contributed by atoms with Crippen molar-refractivity contribution in [3.05, 3.63) is 70.8 Å². The van der Waals surface area contributed by atoms with Crippen molar-refractivity contribution in [1.82, 2.24) is 0 Å². The second kappa shape index (κ2) is 6.64. The summed E-state index contributed by atoms with van der Waals surface area (Å²) in [4.78, 5) is 12.1. The Labute approximate surface area is 150 Å². The minimum atomic E-state index is -4.10. The zero-order valence-electron chi connectivity index (χ0n) is 14.1. The standard InChI is InChI=1S/C18H16N2O5S/c1-19(2)17-7-3-6-16-15(17)5-4-8-18(16)26(23,24)25-14-11-9-13(10-12-14)20(21)22/h3-12H,1-2H3. The van der Waals surface area contributed by atoms with Gasteiger partial charge < -0.3 is 9.08 Å². The fourth-order valence-electron chi connectivity index (χ4n) is 2.67. The van der Waals surface area contributed by atoms with Crippen LogP contribution in [0.5, 0.6) is 5.75 Å². The second-order valence-corrected chi connectivity index (χ2v) is 7.33. The number of nitrogens with zero attached hydrogens (tertiary/aromatic N) is 2. The smallest absolute Gasteiger partial charge is 0.339 e. The molecule has 0 N–H and O–H groups in total. The molecule has 0 unspecified atom stereocenters. The average molecular weight is 372 g/mol. The van der Waals surface area contributed by atoms with E-state index in [-0.39, 0.29) is 16.3 Å². The van der Waals surface area contributed by atoms with Crippen LogP contribution in [0.4, 0.5) is 11.4 Å². The Balaban J connectivity index is 2.04. The van der Waals surface area contributed by atoms with E-state index >= 15 is 0 Å². The first-order chi connectivity index (χ1) is 12.3. The Morgan fingerprint density at radius 1 is 0.923 bits per heavy atom. The van der Waals surface area contributed by atoms with E-state index in [1.165, 1.54) is 30.3 Å². The summed E-state index contributed by atoms with van der Waals surface area (Å²) in [5, 5.41) is 12.0. The van der Waals surface area contributed by atoms with Crippen LogP contribution in [-0.4, -0.2) is 27.4 Å². The molecule has 0 aliphatic heterocycles. The Bertz CT molecular complexity index is 1080. The molecule has 0 heterocycles. The number of fused-ring (bicyclic) bond motifs is 1. The number of hydrogen-bond acceptors (Lipinski definition) is 6. The highest BCUT2D eigenvalue weighted by atomic mass is 32.2. The van der Waals surface area contributed by atoms with E-state index in [0.29, 0.717) is 5.39 Å². The van der Waals surface area contributed by atoms with Crippen LogP contribution in [-0.2, 0) is 10.1 Å². The third kappa shape index (κ3) is 3.31. The van der Waals surface area contributed by atoms with Gasteiger partial charge in [-0.15, -0.1) is 0 Å². The van der Waals surface area contributed by atoms with Crippen molar-refractivity contribution in [3.8, 4) is 5.75 Å². The lowest BCUT2D eigenvalue weighted by Gasteiger charge is -2.17. The van der Waals surface area contributed by atoms with Crippen LogP contribution in [0.2, 0.25) is 0 Å². The summed E-state index contributed by atoms with van der Waals surface area (Å²) in [6.07, 6.45) is 0. The highest BCUT2D eigenvalue weighted by molar-refractivity contribution is 7.87. The summed E-state index contributed by atoms with van der Waals surface area (Å²) in [6, 6.07) is 15.3. The van der Waals surface area contributed by atoms with Gasteiger partial charge >= 0.3 is 10.1 Å². The molecule has 0 fully saturated rings. The number of nitro groups is 1. The Morgan fingerprint density at radius 3 is 2.15 bits per heavy atom. The minimum absolute atomic E-state index is 0.0105. The van der Waals surface area contributed by atoms with E-state index < -0.39 is 15.0 Å². The predicted molar refractivity (Wildman–Crippen MR) is 99.2 cm³/mol. The van der Waals surface area contributed by atoms with E-state index in [2.05, 4.69) is 0 Å². The van der Waals surface area contributed by atoms with Gasteiger partial charge in [-0.25, -0.2) is 0 Å². The molecule has 0 saturated carbocycles. The minimum Gasteiger partial charge on any atom is -0.379 e. The fraction of sp³-hybridized carbons (Fsp3) is 0.111. The zero-order chi connectivity index (χ0) is 18.9. The third-order valence-electron chi connectivity index (χ3n) is 3.86. The van der Waals surface area contributed by atoms with Gasteiger partial charge in [0.1, 0.15) is 10.6 Å². The molecule has 3 rings (SSSR count). The molecule has 0 bridgehead atoms. The van der Waals surface area contributed by atoms with Crippen LogP contribution in [0, 0.1) is 10.1 Å². The number of hydrogen-bond donors (Lipinski definition) is 0. The van der Waals surface area contributed by atoms with Gasteiger partial charge in [0.2, 0.25) is 0 Å². The molecule has 0 aliphatic carbocycles. The summed E-state index contributed by atoms with van der Waals surface area (Å²) >= 11 is 0. The first-order valence-electron chi connectivity index (χ1n) is 7.67. The predicted octanol–water partition coefficient (Wildman–Crippen LogP) is 3.58. The van der Waals surface area contributed by atoms with Gasteiger partial charge in [0.15, 0.2) is 0 Å². The number of nitro benzene ring substituents is 1. The molecule has 3 aromatic carbocycles. The topological polar surface area (TPSA) is 89.8 Å². The van der Waals surface area contributed by atoms with Crippen molar-refractivity contribution >= 4 is 32.3 Å². The summed E-state index contributed by atoms with van der Waals surface area (Å²) in [7, 11) is -0.347. The lowest BCUT2D eigenvalue weighted by molar-refractivity contribution is -0.384. The Kier molecular flexibility index (Phi) is 4.52. The number of anilines is 1. The van der Waals surface area contributed by atoms with Crippen molar-refractivity contribution < 1.29 is 17.5 Å². The van der Waals surface area contributed by atoms with Crippen molar-refractivity contribution in [3.63, 3.8) is 0 Å². The zero-order valence-corrected chi connectivity index (χ0v) is 14.9. The molecule has 0 radical (unpaired) electrons. The van der Waals surface area contributed by atoms with Crippen LogP contribution >= 0.6 is 0 Å². The lowest BCUT2D eigenvalue weighted by Crippen LogP contribution is -2.12. The van der Waals surface area contributed by atoms with Crippen LogP contribution in [0.3, 0.4) is 0 Å². The molecule has 8 heteroatoms. The molecule has 134 valence electrons. The molecule has 0 saturated heterocycles. The molecule has 26 heavy (non-hydrogen) atoms. The highest BCUT2D eigenvalue weighted by Crippen LogP contribution is 2.31. The summed E-state index contributed by atoms with van der Waals surface area (Å²) in [5.41, 5.74) is 0.741. The molecular weight excluding hydrogens is 356 g/mol. The SMILES string of the molecule is CN(C)c1cccc2c(S(=O)(=O)Oc3ccc([N+](=O)[O-])cc3)cccc12. The molecule has 7 nitrogen and oxygen atoms in total. The van der Waals surface area contributed by atoms with Crippen molar-refractivity contribution in [1.29, 1.82) is 0 Å². The van der Waals surface area contributed by atoms with E-state index in [0.717, 1.165) is 11.1 Å². The Hall–Kier alpha value is -3.13. The third-order valence-corrected chi connectivity index (χ3v) is 5.17. The molecule has 0 spiro atoms. The van der Waals surface area contributed by atoms with Crippen molar-refractivity contribution in [2.75, 3.05) is 19.0 Å². The van der Waals surface area contributed by atoms with Gasteiger partial charge in [-0.1, -0.05) is 24.3 Å². The average Bonchev–Trinajstić information content (AvgIpc) is 2.60. The van der Waals surface area contributed by atoms with Crippen molar-refractivity contribution in [2.24, 2.45) is 0 Å². The van der Waals surface area contributed by atoms with Gasteiger partial charge in [0.25, 0.3) is 5.69 Å². The fourth-order valence-corrected chi connectivity index (χ4v) is 3.81. The Morgan fingerprint density at radius 2 is 1.54 bits per heavy atom. The van der Waals surface area contributed by atoms with Gasteiger partial charge in [-0.3, -0.25) is 10.1 Å². The molecular formula is C18H16N2O5S. The van der Waals surface area contributed by atoms with Gasteiger partial charge in [0, 0.05) is 42.7 Å². The lowest BCUT2D eigenvalue weighted by atomic mass is 10.1. The number of rotatable bonds is 5.